The van der Waals surface area contributed by atoms with Gasteiger partial charge in [0.15, 0.2) is 6.10 Å². The maximum absolute atomic E-state index is 13.9. The molecule has 2 aliphatic heterocycles. The Labute approximate surface area is 216 Å². The Balaban J connectivity index is 1.61. The van der Waals surface area contributed by atoms with Crippen molar-refractivity contribution in [1.29, 1.82) is 0 Å². The highest BCUT2D eigenvalue weighted by Gasteiger charge is 2.61. The summed E-state index contributed by atoms with van der Waals surface area (Å²) in [4.78, 5) is 59.3. The number of nitro groups is 1. The van der Waals surface area contributed by atoms with Crippen LogP contribution in [0.2, 0.25) is 0 Å². The van der Waals surface area contributed by atoms with Crippen LogP contribution < -0.4 is 9.96 Å². The van der Waals surface area contributed by atoms with Gasteiger partial charge in [-0.15, -0.1) is 11.3 Å². The summed E-state index contributed by atoms with van der Waals surface area (Å²) < 4.78 is 5.20. The first-order chi connectivity index (χ1) is 17.7. The van der Waals surface area contributed by atoms with E-state index < -0.39 is 40.8 Å². The number of hydroxylamine groups is 1. The molecule has 11 heteroatoms. The highest BCUT2D eigenvalue weighted by Crippen LogP contribution is 2.49. The van der Waals surface area contributed by atoms with Crippen molar-refractivity contribution >= 4 is 45.5 Å². The smallest absolute Gasteiger partial charge is 0.341 e. The molecule has 5 rings (SSSR count). The molecule has 190 valence electrons. The molecule has 2 aromatic carbocycles. The normalized spacial score (nSPS) is 20.9. The van der Waals surface area contributed by atoms with E-state index in [1.807, 2.05) is 6.07 Å². The lowest BCUT2D eigenvalue weighted by Crippen LogP contribution is -2.37. The number of ether oxygens (including phenoxy) is 1. The Hall–Kier alpha value is -4.09. The highest BCUT2D eigenvalue weighted by molar-refractivity contribution is 7.17. The maximum atomic E-state index is 13.9. The fourth-order valence-corrected chi connectivity index (χ4v) is 5.94. The third-order valence-electron chi connectivity index (χ3n) is 6.60. The lowest BCUT2D eigenvalue weighted by Gasteiger charge is -2.28. The first-order valence-electron chi connectivity index (χ1n) is 11.6. The number of thiophene rings is 1. The van der Waals surface area contributed by atoms with Gasteiger partial charge in [0.2, 0.25) is 5.91 Å². The number of rotatable bonds is 6. The van der Waals surface area contributed by atoms with Gasteiger partial charge >= 0.3 is 5.97 Å². The number of amides is 2. The largest absolute Gasteiger partial charge is 0.462 e. The summed E-state index contributed by atoms with van der Waals surface area (Å²) in [5, 5.41) is 13.1. The van der Waals surface area contributed by atoms with E-state index in [4.69, 9.17) is 9.57 Å². The van der Waals surface area contributed by atoms with Crippen molar-refractivity contribution in [3.05, 3.63) is 86.3 Å². The highest BCUT2D eigenvalue weighted by atomic mass is 32.1. The van der Waals surface area contributed by atoms with Gasteiger partial charge in [0.05, 0.1) is 28.8 Å². The second-order valence-corrected chi connectivity index (χ2v) is 9.91. The number of aryl methyl sites for hydroxylation is 1. The molecular weight excluding hydrogens is 498 g/mol. The van der Waals surface area contributed by atoms with Gasteiger partial charge in [0, 0.05) is 17.0 Å². The number of nitrogens with zero attached hydrogens (tertiary/aromatic N) is 3. The van der Waals surface area contributed by atoms with Crippen molar-refractivity contribution in [2.45, 2.75) is 32.9 Å². The molecule has 0 aliphatic carbocycles. The number of imide groups is 1. The van der Waals surface area contributed by atoms with Crippen LogP contribution in [0.4, 0.5) is 16.4 Å². The molecule has 37 heavy (non-hydrogen) atoms. The number of benzene rings is 2. The van der Waals surface area contributed by atoms with Gasteiger partial charge in [-0.3, -0.25) is 24.5 Å². The molecule has 1 aromatic heterocycles. The first kappa shape index (κ1) is 24.6. The topological polar surface area (TPSA) is 119 Å². The lowest BCUT2D eigenvalue weighted by molar-refractivity contribution is -0.384. The fraction of sp³-hybridized carbons (Fsp3) is 0.269. The zero-order chi connectivity index (χ0) is 26.4. The third-order valence-corrected chi connectivity index (χ3v) is 7.79. The van der Waals surface area contributed by atoms with Crippen LogP contribution in [-0.2, 0) is 19.2 Å². The molecule has 0 N–H and O–H groups in total. The summed E-state index contributed by atoms with van der Waals surface area (Å²) in [7, 11) is 0. The quantitative estimate of drug-likeness (QED) is 0.201. The van der Waals surface area contributed by atoms with Gasteiger partial charge in [-0.2, -0.15) is 0 Å². The minimum absolute atomic E-state index is 0.142. The van der Waals surface area contributed by atoms with Gasteiger partial charge in [-0.1, -0.05) is 30.3 Å². The minimum atomic E-state index is -1.17. The molecule has 3 heterocycles. The van der Waals surface area contributed by atoms with Gasteiger partial charge in [0.25, 0.3) is 11.6 Å². The first-order valence-corrected chi connectivity index (χ1v) is 12.5. The van der Waals surface area contributed by atoms with E-state index in [0.29, 0.717) is 16.8 Å². The summed E-state index contributed by atoms with van der Waals surface area (Å²) in [5.41, 5.74) is 1.72. The Morgan fingerprint density at radius 3 is 2.51 bits per heavy atom. The molecule has 2 aliphatic rings. The molecular formula is C26H23N3O7S. The summed E-state index contributed by atoms with van der Waals surface area (Å²) in [6.45, 7) is 5.37. The van der Waals surface area contributed by atoms with E-state index in [2.05, 4.69) is 0 Å². The summed E-state index contributed by atoms with van der Waals surface area (Å²) >= 11 is 1.16. The number of non-ortho nitro benzene ring substituents is 1. The van der Waals surface area contributed by atoms with Crippen molar-refractivity contribution in [3.8, 4) is 0 Å². The predicted octanol–water partition coefficient (Wildman–Crippen LogP) is 4.50. The van der Waals surface area contributed by atoms with Gasteiger partial charge < -0.3 is 4.74 Å². The SMILES string of the molecule is CCOC(=O)c1c(N2C(=O)[C@H]3[C@@H](c4cccc([N+](=O)[O-])c4)N(c4ccccc4)O[C@H]3C2=O)sc(C)c1C. The van der Waals surface area contributed by atoms with Crippen LogP contribution >= 0.6 is 11.3 Å². The van der Waals surface area contributed by atoms with Crippen molar-refractivity contribution in [2.24, 2.45) is 5.92 Å². The summed E-state index contributed by atoms with van der Waals surface area (Å²) in [5.74, 6) is -2.75. The van der Waals surface area contributed by atoms with Crippen LogP contribution in [0.15, 0.2) is 54.6 Å². The Kier molecular flexibility index (Phi) is 6.26. The van der Waals surface area contributed by atoms with Crippen LogP contribution in [0.5, 0.6) is 0 Å². The zero-order valence-corrected chi connectivity index (χ0v) is 21.1. The number of esters is 1. The van der Waals surface area contributed by atoms with Crippen LogP contribution in [0.3, 0.4) is 0 Å². The monoisotopic (exact) mass is 521 g/mol. The van der Waals surface area contributed by atoms with Crippen molar-refractivity contribution in [2.75, 3.05) is 16.6 Å². The number of nitro benzene ring substituents is 1. The maximum Gasteiger partial charge on any atom is 0.341 e. The van der Waals surface area contributed by atoms with Crippen LogP contribution in [0, 0.1) is 29.9 Å². The van der Waals surface area contributed by atoms with Crippen LogP contribution in [0.1, 0.15) is 39.3 Å². The number of hydrogen-bond acceptors (Lipinski definition) is 9. The van der Waals surface area contributed by atoms with E-state index >= 15 is 0 Å². The van der Waals surface area contributed by atoms with Crippen LogP contribution in [0.25, 0.3) is 0 Å². The number of para-hydroxylation sites is 1. The Bertz CT molecular complexity index is 1420. The second-order valence-electron chi connectivity index (χ2n) is 8.71. The second kappa shape index (κ2) is 9.41. The number of hydrogen-bond donors (Lipinski definition) is 0. The Morgan fingerprint density at radius 1 is 1.11 bits per heavy atom. The molecule has 2 fully saturated rings. The zero-order valence-electron chi connectivity index (χ0n) is 20.2. The van der Waals surface area contributed by atoms with Crippen molar-refractivity contribution < 1.29 is 28.9 Å². The molecule has 3 atom stereocenters. The van der Waals surface area contributed by atoms with E-state index in [1.165, 1.54) is 23.3 Å². The molecule has 0 spiro atoms. The summed E-state index contributed by atoms with van der Waals surface area (Å²) in [6, 6.07) is 14.1. The molecule has 0 unspecified atom stereocenters. The molecule has 2 saturated heterocycles. The molecule has 10 nitrogen and oxygen atoms in total. The molecule has 0 bridgehead atoms. The average molecular weight is 522 g/mol. The predicted molar refractivity (Wildman–Crippen MR) is 135 cm³/mol. The van der Waals surface area contributed by atoms with E-state index in [0.717, 1.165) is 21.1 Å². The fourth-order valence-electron chi connectivity index (χ4n) is 4.78. The molecule has 2 amide bonds. The molecule has 0 saturated carbocycles. The Morgan fingerprint density at radius 2 is 1.84 bits per heavy atom. The van der Waals surface area contributed by atoms with Gasteiger partial charge in [-0.05, 0) is 44.0 Å². The lowest BCUT2D eigenvalue weighted by atomic mass is 9.90. The third kappa shape index (κ3) is 3.96. The minimum Gasteiger partial charge on any atom is -0.462 e. The van der Waals surface area contributed by atoms with Gasteiger partial charge in [0.1, 0.15) is 10.9 Å². The number of fused-ring (bicyclic) bond motifs is 1. The number of carbonyl (C=O) groups excluding carboxylic acids is 3. The van der Waals surface area contributed by atoms with E-state index in [9.17, 15) is 24.5 Å². The van der Waals surface area contributed by atoms with Gasteiger partial charge in [-0.25, -0.2) is 14.8 Å². The molecule has 3 aromatic rings. The number of anilines is 2. The van der Waals surface area contributed by atoms with Crippen molar-refractivity contribution in [1.82, 2.24) is 0 Å². The van der Waals surface area contributed by atoms with E-state index in [1.54, 1.807) is 51.1 Å². The summed E-state index contributed by atoms with van der Waals surface area (Å²) in [6.07, 6.45) is -1.17. The average Bonchev–Trinajstić information content (AvgIpc) is 3.50. The van der Waals surface area contributed by atoms with Crippen LogP contribution in [-0.4, -0.2) is 35.4 Å². The standard InChI is InChI=1S/C26H23N3O7S/c1-4-35-26(32)19-14(2)15(3)37-25(19)27-23(30)20-21(16-9-8-12-18(13-16)29(33)34)28(36-22(20)24(27)31)17-10-6-5-7-11-17/h5-13,20-22H,4H2,1-3H3/t20-,21+,22+/m0/s1. The van der Waals surface area contributed by atoms with Crippen molar-refractivity contribution in [3.63, 3.8) is 0 Å². The number of carbonyl (C=O) groups is 3. The molecule has 0 radical (unpaired) electrons. The van der Waals surface area contributed by atoms with E-state index in [-0.39, 0.29) is 22.9 Å².